The van der Waals surface area contributed by atoms with Gasteiger partial charge in [-0.15, -0.1) is 0 Å². The smallest absolute Gasteiger partial charge is 0.329 e. The predicted molar refractivity (Wildman–Crippen MR) is 64.0 cm³/mol. The van der Waals surface area contributed by atoms with Gasteiger partial charge in [-0.05, 0) is 6.92 Å². The van der Waals surface area contributed by atoms with Crippen molar-refractivity contribution in [3.63, 3.8) is 0 Å². The summed E-state index contributed by atoms with van der Waals surface area (Å²) < 4.78 is 4.25. The van der Waals surface area contributed by atoms with Crippen molar-refractivity contribution >= 4 is 11.2 Å². The molecule has 2 heterocycles. The van der Waals surface area contributed by atoms with Gasteiger partial charge in [-0.2, -0.15) is 0 Å². The van der Waals surface area contributed by atoms with Crippen LogP contribution >= 0.6 is 0 Å². The van der Waals surface area contributed by atoms with Crippen molar-refractivity contribution in [2.75, 3.05) is 6.54 Å². The maximum atomic E-state index is 12.2. The predicted octanol–water partition coefficient (Wildman–Crippen LogP) is -1.12. The fourth-order valence-electron chi connectivity index (χ4n) is 1.89. The van der Waals surface area contributed by atoms with Crippen molar-refractivity contribution < 1.29 is 0 Å². The van der Waals surface area contributed by atoms with E-state index >= 15 is 0 Å². The summed E-state index contributed by atoms with van der Waals surface area (Å²) in [4.78, 5) is 28.2. The molecule has 0 bridgehead atoms. The number of nitrogens with zero attached hydrogens (tertiary/aromatic N) is 4. The van der Waals surface area contributed by atoms with Crippen LogP contribution in [0, 0.1) is 0 Å². The molecule has 2 N–H and O–H groups in total. The number of fused-ring (bicyclic) bond motifs is 1. The van der Waals surface area contributed by atoms with Gasteiger partial charge in [-0.1, -0.05) is 0 Å². The van der Waals surface area contributed by atoms with Gasteiger partial charge in [0.1, 0.15) is 0 Å². The number of aryl methyl sites for hydroxylation is 2. The zero-order valence-corrected chi connectivity index (χ0v) is 9.88. The van der Waals surface area contributed by atoms with Crippen LogP contribution in [-0.4, -0.2) is 25.2 Å². The lowest BCUT2D eigenvalue weighted by Crippen LogP contribution is -2.41. The van der Waals surface area contributed by atoms with E-state index < -0.39 is 0 Å². The van der Waals surface area contributed by atoms with Crippen molar-refractivity contribution in [1.82, 2.24) is 18.7 Å². The fourth-order valence-corrected chi connectivity index (χ4v) is 1.89. The summed E-state index contributed by atoms with van der Waals surface area (Å²) in [5.74, 6) is 0. The van der Waals surface area contributed by atoms with E-state index in [1.807, 2.05) is 6.92 Å². The Morgan fingerprint density at radius 3 is 2.71 bits per heavy atom. The molecule has 0 aromatic carbocycles. The summed E-state index contributed by atoms with van der Waals surface area (Å²) >= 11 is 0. The molecule has 0 radical (unpaired) electrons. The third-order valence-corrected chi connectivity index (χ3v) is 2.80. The van der Waals surface area contributed by atoms with E-state index in [0.29, 0.717) is 17.7 Å². The lowest BCUT2D eigenvalue weighted by molar-refractivity contribution is 0.608. The normalized spacial score (nSPS) is 11.2. The first-order valence-electron chi connectivity index (χ1n) is 5.46. The second kappa shape index (κ2) is 4.17. The van der Waals surface area contributed by atoms with Crippen LogP contribution in [0.4, 0.5) is 0 Å². The average Bonchev–Trinajstić information content (AvgIpc) is 2.75. The molecule has 2 aromatic rings. The number of hydrogen-bond acceptors (Lipinski definition) is 4. The first-order chi connectivity index (χ1) is 8.11. The summed E-state index contributed by atoms with van der Waals surface area (Å²) in [6.07, 6.45) is 1.57. The van der Waals surface area contributed by atoms with Crippen LogP contribution in [0.25, 0.3) is 11.2 Å². The summed E-state index contributed by atoms with van der Waals surface area (Å²) in [5.41, 5.74) is 5.56. The second-order valence-corrected chi connectivity index (χ2v) is 3.79. The maximum Gasteiger partial charge on any atom is 0.332 e. The third kappa shape index (κ3) is 1.59. The van der Waals surface area contributed by atoms with E-state index in [0.717, 1.165) is 4.57 Å². The van der Waals surface area contributed by atoms with Gasteiger partial charge in [0.25, 0.3) is 5.56 Å². The van der Waals surface area contributed by atoms with Gasteiger partial charge < -0.3 is 10.3 Å². The van der Waals surface area contributed by atoms with Crippen LogP contribution in [-0.2, 0) is 20.1 Å². The van der Waals surface area contributed by atoms with E-state index in [1.54, 1.807) is 17.9 Å². The van der Waals surface area contributed by atoms with Crippen molar-refractivity contribution in [1.29, 1.82) is 0 Å². The van der Waals surface area contributed by atoms with Gasteiger partial charge in [0.2, 0.25) is 0 Å². The molecule has 0 saturated heterocycles. The van der Waals surface area contributed by atoms with Gasteiger partial charge in [-0.25, -0.2) is 9.78 Å². The van der Waals surface area contributed by atoms with Crippen LogP contribution in [0.15, 0.2) is 15.9 Å². The quantitative estimate of drug-likeness (QED) is 0.732. The zero-order valence-electron chi connectivity index (χ0n) is 9.88. The van der Waals surface area contributed by atoms with Crippen LogP contribution in [0.1, 0.15) is 6.92 Å². The first kappa shape index (κ1) is 11.6. The molecule has 0 amide bonds. The number of hydrogen-bond donors (Lipinski definition) is 1. The van der Waals surface area contributed by atoms with Crippen LogP contribution < -0.4 is 17.0 Å². The molecule has 0 spiro atoms. The highest BCUT2D eigenvalue weighted by Crippen LogP contribution is 2.04. The fraction of sp³-hybridized carbons (Fsp3) is 0.500. The van der Waals surface area contributed by atoms with Gasteiger partial charge in [0, 0.05) is 26.7 Å². The first-order valence-corrected chi connectivity index (χ1v) is 5.46. The zero-order chi connectivity index (χ0) is 12.6. The lowest BCUT2D eigenvalue weighted by Gasteiger charge is -2.07. The van der Waals surface area contributed by atoms with E-state index in [9.17, 15) is 9.59 Å². The summed E-state index contributed by atoms with van der Waals surface area (Å²) in [6.45, 7) is 3.02. The molecule has 7 nitrogen and oxygen atoms in total. The Hall–Kier alpha value is -1.89. The molecule has 0 fully saturated rings. The number of imidazole rings is 1. The second-order valence-electron chi connectivity index (χ2n) is 3.79. The lowest BCUT2D eigenvalue weighted by atomic mass is 10.4. The Labute approximate surface area is 97.1 Å². The van der Waals surface area contributed by atoms with Crippen LogP contribution in [0.5, 0.6) is 0 Å². The summed E-state index contributed by atoms with van der Waals surface area (Å²) in [6, 6.07) is 0. The molecule has 0 atom stereocenters. The van der Waals surface area contributed by atoms with Crippen molar-refractivity contribution in [3.05, 3.63) is 27.2 Å². The van der Waals surface area contributed by atoms with Crippen molar-refractivity contribution in [2.24, 2.45) is 12.8 Å². The van der Waals surface area contributed by atoms with Gasteiger partial charge in [-0.3, -0.25) is 13.9 Å². The number of aromatic nitrogens is 4. The molecule has 0 saturated carbocycles. The summed E-state index contributed by atoms with van der Waals surface area (Å²) in [7, 11) is 1.60. The topological polar surface area (TPSA) is 87.8 Å². The van der Waals surface area contributed by atoms with Gasteiger partial charge >= 0.3 is 5.69 Å². The minimum absolute atomic E-state index is 0.219. The molecule has 2 rings (SSSR count). The highest BCUT2D eigenvalue weighted by Gasteiger charge is 2.14. The SMILES string of the molecule is CCn1cnc2c1c(=O)n(CCN)c(=O)n2C. The van der Waals surface area contributed by atoms with E-state index in [2.05, 4.69) is 4.98 Å². The highest BCUT2D eigenvalue weighted by atomic mass is 16.2. The largest absolute Gasteiger partial charge is 0.332 e. The van der Waals surface area contributed by atoms with Gasteiger partial charge in [0.15, 0.2) is 11.2 Å². The molecule has 92 valence electrons. The molecule has 0 aliphatic heterocycles. The minimum Gasteiger partial charge on any atom is -0.329 e. The number of nitrogens with two attached hydrogens (primary N) is 1. The van der Waals surface area contributed by atoms with E-state index in [4.69, 9.17) is 5.73 Å². The standard InChI is InChI=1S/C10H15N5O2/c1-3-14-6-12-8-7(14)9(16)15(5-4-11)10(17)13(8)2/h6H,3-5,11H2,1-2H3. The third-order valence-electron chi connectivity index (χ3n) is 2.80. The van der Waals surface area contributed by atoms with Crippen molar-refractivity contribution in [3.8, 4) is 0 Å². The molecule has 2 aromatic heterocycles. The molecule has 17 heavy (non-hydrogen) atoms. The average molecular weight is 237 g/mol. The molecule has 0 aliphatic carbocycles. The minimum atomic E-state index is -0.380. The van der Waals surface area contributed by atoms with Gasteiger partial charge in [0.05, 0.1) is 6.33 Å². The highest BCUT2D eigenvalue weighted by molar-refractivity contribution is 5.69. The Morgan fingerprint density at radius 1 is 1.41 bits per heavy atom. The summed E-state index contributed by atoms with van der Waals surface area (Å²) in [5, 5.41) is 0. The molecule has 7 heteroatoms. The van der Waals surface area contributed by atoms with Crippen molar-refractivity contribution in [2.45, 2.75) is 20.0 Å². The Morgan fingerprint density at radius 2 is 2.12 bits per heavy atom. The molecular weight excluding hydrogens is 222 g/mol. The Kier molecular flexibility index (Phi) is 2.84. The maximum absolute atomic E-state index is 12.2. The molecular formula is C10H15N5O2. The van der Waals surface area contributed by atoms with Crippen LogP contribution in [0.2, 0.25) is 0 Å². The number of rotatable bonds is 3. The Bertz CT molecular complexity index is 664. The van der Waals surface area contributed by atoms with E-state index in [1.165, 1.54) is 4.57 Å². The van der Waals surface area contributed by atoms with E-state index in [-0.39, 0.29) is 24.3 Å². The Balaban J connectivity index is 2.94. The molecule has 0 aliphatic rings. The van der Waals surface area contributed by atoms with Crippen LogP contribution in [0.3, 0.4) is 0 Å². The monoisotopic (exact) mass is 237 g/mol. The molecule has 0 unspecified atom stereocenters.